The zero-order chi connectivity index (χ0) is 9.14. The molecule has 0 saturated carbocycles. The summed E-state index contributed by atoms with van der Waals surface area (Å²) < 4.78 is 5.03. The molecule has 12 heavy (non-hydrogen) atoms. The van der Waals surface area contributed by atoms with Crippen molar-refractivity contribution in [3.8, 4) is 0 Å². The lowest BCUT2D eigenvalue weighted by molar-refractivity contribution is -0.182. The Labute approximate surface area is 70.2 Å². The predicted molar refractivity (Wildman–Crippen MR) is 38.9 cm³/mol. The van der Waals surface area contributed by atoms with Crippen molar-refractivity contribution in [2.45, 2.75) is 19.4 Å². The maximum absolute atomic E-state index is 11.2. The van der Waals surface area contributed by atoms with Gasteiger partial charge in [-0.2, -0.15) is 5.06 Å². The number of hydroxylamine groups is 2. The third kappa shape index (κ3) is 1.46. The molecule has 0 spiro atoms. The first-order chi connectivity index (χ1) is 5.70. The van der Waals surface area contributed by atoms with E-state index < -0.39 is 12.0 Å². The molecule has 1 rings (SSSR count). The summed E-state index contributed by atoms with van der Waals surface area (Å²) in [5.41, 5.74) is 0. The topological polar surface area (TPSA) is 55.8 Å². The molecule has 68 valence electrons. The molecule has 0 aromatic carbocycles. The molecule has 1 unspecified atom stereocenters. The van der Waals surface area contributed by atoms with Gasteiger partial charge in [0.2, 0.25) is 0 Å². The van der Waals surface area contributed by atoms with Crippen LogP contribution in [-0.2, 0) is 19.2 Å². The van der Waals surface area contributed by atoms with Crippen LogP contribution in [0.25, 0.3) is 0 Å². The van der Waals surface area contributed by atoms with Crippen molar-refractivity contribution < 1.29 is 19.2 Å². The molecule has 0 N–H and O–H groups in total. The zero-order valence-corrected chi connectivity index (χ0v) is 7.07. The monoisotopic (exact) mass is 173 g/mol. The number of carbonyl (C=O) groups excluding carboxylic acids is 2. The summed E-state index contributed by atoms with van der Waals surface area (Å²) in [5.74, 6) is -0.759. The molecule has 1 saturated heterocycles. The maximum atomic E-state index is 11.2. The molecular formula is C7H11NO4. The molecule has 1 atom stereocenters. The minimum atomic E-state index is -0.651. The quantitative estimate of drug-likeness (QED) is 0.550. The average Bonchev–Trinajstić information content (AvgIpc) is 2.29. The molecule has 2 amide bonds. The first-order valence-electron chi connectivity index (χ1n) is 3.73. The van der Waals surface area contributed by atoms with Gasteiger partial charge in [0.05, 0.1) is 13.5 Å². The number of nitrogens with zero attached hydrogens (tertiary/aromatic N) is 1. The van der Waals surface area contributed by atoms with Gasteiger partial charge in [-0.25, -0.2) is 0 Å². The Hall–Kier alpha value is -0.940. The third-order valence-corrected chi connectivity index (χ3v) is 1.61. The van der Waals surface area contributed by atoms with Gasteiger partial charge in [0.15, 0.2) is 0 Å². The van der Waals surface area contributed by atoms with Crippen LogP contribution in [0.2, 0.25) is 0 Å². The second kappa shape index (κ2) is 3.64. The molecule has 5 nitrogen and oxygen atoms in total. The number of ether oxygens (including phenoxy) is 1. The van der Waals surface area contributed by atoms with E-state index in [0.29, 0.717) is 6.61 Å². The van der Waals surface area contributed by atoms with E-state index in [9.17, 15) is 9.59 Å². The molecule has 0 aliphatic carbocycles. The van der Waals surface area contributed by atoms with E-state index in [4.69, 9.17) is 4.74 Å². The van der Waals surface area contributed by atoms with Gasteiger partial charge in [-0.05, 0) is 6.92 Å². The smallest absolute Gasteiger partial charge is 0.283 e. The molecule has 1 heterocycles. The lowest BCUT2D eigenvalue weighted by atomic mass is 10.3. The van der Waals surface area contributed by atoms with E-state index >= 15 is 0 Å². The fraction of sp³-hybridized carbons (Fsp3) is 0.714. The first-order valence-corrected chi connectivity index (χ1v) is 3.73. The highest BCUT2D eigenvalue weighted by atomic mass is 16.7. The van der Waals surface area contributed by atoms with Gasteiger partial charge in [-0.3, -0.25) is 14.4 Å². The summed E-state index contributed by atoms with van der Waals surface area (Å²) in [6.07, 6.45) is -0.567. The predicted octanol–water partition coefficient (Wildman–Crippen LogP) is -0.288. The fourth-order valence-electron chi connectivity index (χ4n) is 1.11. The Morgan fingerprint density at radius 1 is 1.58 bits per heavy atom. The molecule has 0 aromatic rings. The summed E-state index contributed by atoms with van der Waals surface area (Å²) in [5, 5.41) is 0.736. The van der Waals surface area contributed by atoms with Crippen molar-refractivity contribution in [3.05, 3.63) is 0 Å². The number of hydrogen-bond acceptors (Lipinski definition) is 4. The normalized spacial score (nSPS) is 23.8. The van der Waals surface area contributed by atoms with Crippen LogP contribution in [0.15, 0.2) is 0 Å². The van der Waals surface area contributed by atoms with Gasteiger partial charge < -0.3 is 4.74 Å². The molecule has 1 aliphatic rings. The van der Waals surface area contributed by atoms with Crippen molar-refractivity contribution >= 4 is 11.8 Å². The van der Waals surface area contributed by atoms with E-state index in [1.165, 1.54) is 7.11 Å². The SMILES string of the molecule is CCOC1CC(=O)N(OC)C1=O. The number of carbonyl (C=O) groups is 2. The van der Waals surface area contributed by atoms with Gasteiger partial charge in [-0.1, -0.05) is 0 Å². The van der Waals surface area contributed by atoms with Crippen LogP contribution >= 0.6 is 0 Å². The lowest BCUT2D eigenvalue weighted by Gasteiger charge is -2.10. The Bertz CT molecular complexity index is 204. The van der Waals surface area contributed by atoms with Crippen molar-refractivity contribution in [2.24, 2.45) is 0 Å². The number of rotatable bonds is 3. The van der Waals surface area contributed by atoms with Crippen LogP contribution in [0.3, 0.4) is 0 Å². The molecule has 0 radical (unpaired) electrons. The van der Waals surface area contributed by atoms with Crippen LogP contribution in [0.4, 0.5) is 0 Å². The second-order valence-corrected chi connectivity index (χ2v) is 2.36. The molecular weight excluding hydrogens is 162 g/mol. The van der Waals surface area contributed by atoms with E-state index in [1.807, 2.05) is 0 Å². The van der Waals surface area contributed by atoms with Crippen molar-refractivity contribution in [2.75, 3.05) is 13.7 Å². The van der Waals surface area contributed by atoms with E-state index in [2.05, 4.69) is 4.84 Å². The fourth-order valence-corrected chi connectivity index (χ4v) is 1.11. The van der Waals surface area contributed by atoms with Crippen molar-refractivity contribution in [3.63, 3.8) is 0 Å². The second-order valence-electron chi connectivity index (χ2n) is 2.36. The van der Waals surface area contributed by atoms with Crippen LogP contribution in [-0.4, -0.2) is 36.7 Å². The molecule has 5 heteroatoms. The van der Waals surface area contributed by atoms with Crippen molar-refractivity contribution in [1.82, 2.24) is 5.06 Å². The summed E-state index contributed by atoms with van der Waals surface area (Å²) in [6.45, 7) is 2.19. The lowest BCUT2D eigenvalue weighted by Crippen LogP contribution is -2.31. The van der Waals surface area contributed by atoms with Gasteiger partial charge in [0.25, 0.3) is 11.8 Å². The van der Waals surface area contributed by atoms with Gasteiger partial charge in [0, 0.05) is 6.61 Å². The van der Waals surface area contributed by atoms with Gasteiger partial charge in [0.1, 0.15) is 6.10 Å². The summed E-state index contributed by atoms with van der Waals surface area (Å²) >= 11 is 0. The minimum Gasteiger partial charge on any atom is -0.368 e. The highest BCUT2D eigenvalue weighted by Gasteiger charge is 2.39. The Morgan fingerprint density at radius 3 is 2.67 bits per heavy atom. The van der Waals surface area contributed by atoms with Crippen LogP contribution in [0.1, 0.15) is 13.3 Å². The van der Waals surface area contributed by atoms with Gasteiger partial charge >= 0.3 is 0 Å². The van der Waals surface area contributed by atoms with Crippen molar-refractivity contribution in [1.29, 1.82) is 0 Å². The molecule has 1 aliphatic heterocycles. The Kier molecular flexibility index (Phi) is 2.78. The van der Waals surface area contributed by atoms with Crippen LogP contribution in [0, 0.1) is 0 Å². The average molecular weight is 173 g/mol. The molecule has 0 bridgehead atoms. The Morgan fingerprint density at radius 2 is 2.25 bits per heavy atom. The summed E-state index contributed by atoms with van der Waals surface area (Å²) in [7, 11) is 1.28. The molecule has 1 fully saturated rings. The van der Waals surface area contributed by atoms with E-state index in [1.54, 1.807) is 6.92 Å². The highest BCUT2D eigenvalue weighted by molar-refractivity contribution is 6.03. The van der Waals surface area contributed by atoms with Crippen LogP contribution < -0.4 is 0 Å². The summed E-state index contributed by atoms with van der Waals surface area (Å²) in [6, 6.07) is 0. The van der Waals surface area contributed by atoms with E-state index in [0.717, 1.165) is 5.06 Å². The highest BCUT2D eigenvalue weighted by Crippen LogP contribution is 2.15. The van der Waals surface area contributed by atoms with Crippen LogP contribution in [0.5, 0.6) is 0 Å². The number of imide groups is 1. The van der Waals surface area contributed by atoms with Gasteiger partial charge in [-0.15, -0.1) is 0 Å². The zero-order valence-electron chi connectivity index (χ0n) is 7.07. The Balaban J connectivity index is 2.62. The molecule has 0 aromatic heterocycles. The first kappa shape index (κ1) is 9.15. The largest absolute Gasteiger partial charge is 0.368 e. The summed E-state index contributed by atoms with van der Waals surface area (Å²) in [4.78, 5) is 26.8. The minimum absolute atomic E-state index is 0.0838. The standard InChI is InChI=1S/C7H11NO4/c1-3-12-5-4-6(9)8(11-2)7(5)10/h5H,3-4H2,1-2H3. The third-order valence-electron chi connectivity index (χ3n) is 1.61. The van der Waals surface area contributed by atoms with E-state index in [-0.39, 0.29) is 12.3 Å². The maximum Gasteiger partial charge on any atom is 0.283 e. The number of amides is 2. The number of hydrogen-bond donors (Lipinski definition) is 0.